The Morgan fingerprint density at radius 3 is 2.68 bits per heavy atom. The van der Waals surface area contributed by atoms with Crippen LogP contribution in [0.2, 0.25) is 0 Å². The van der Waals surface area contributed by atoms with Crippen molar-refractivity contribution < 1.29 is 17.6 Å². The van der Waals surface area contributed by atoms with Crippen molar-refractivity contribution in [3.05, 3.63) is 54.0 Å². The summed E-state index contributed by atoms with van der Waals surface area (Å²) in [7, 11) is 0. The molecule has 0 fully saturated rings. The average Bonchev–Trinajstić information content (AvgIpc) is 2.90. The molecular formula is C15H12F3N3O. The molecule has 0 amide bonds. The van der Waals surface area contributed by atoms with Crippen LogP contribution >= 0.6 is 0 Å². The SMILES string of the molecule is CC(Nc1nccc(C(F)(F)F)n1)c1cc2ccccc2o1. The minimum atomic E-state index is -4.50. The number of hydrogen-bond acceptors (Lipinski definition) is 4. The molecule has 2 heterocycles. The zero-order chi connectivity index (χ0) is 15.7. The molecule has 114 valence electrons. The van der Waals surface area contributed by atoms with Gasteiger partial charge in [0.15, 0.2) is 0 Å². The number of anilines is 1. The Balaban J connectivity index is 1.83. The van der Waals surface area contributed by atoms with Crippen molar-refractivity contribution in [1.29, 1.82) is 0 Å². The first-order valence-electron chi connectivity index (χ1n) is 6.59. The van der Waals surface area contributed by atoms with Crippen LogP contribution in [-0.2, 0) is 6.18 Å². The third kappa shape index (κ3) is 2.88. The minimum absolute atomic E-state index is 0.0946. The summed E-state index contributed by atoms with van der Waals surface area (Å²) in [4.78, 5) is 7.28. The lowest BCUT2D eigenvalue weighted by atomic mass is 10.2. The fraction of sp³-hybridized carbons (Fsp3) is 0.200. The highest BCUT2D eigenvalue weighted by atomic mass is 19.4. The topological polar surface area (TPSA) is 51.0 Å². The summed E-state index contributed by atoms with van der Waals surface area (Å²) in [5.41, 5.74) is -0.266. The fourth-order valence-electron chi connectivity index (χ4n) is 2.07. The fourth-order valence-corrected chi connectivity index (χ4v) is 2.07. The second-order valence-electron chi connectivity index (χ2n) is 4.82. The van der Waals surface area contributed by atoms with Gasteiger partial charge in [-0.1, -0.05) is 18.2 Å². The minimum Gasteiger partial charge on any atom is -0.459 e. The third-order valence-corrected chi connectivity index (χ3v) is 3.16. The zero-order valence-corrected chi connectivity index (χ0v) is 11.6. The number of benzene rings is 1. The highest BCUT2D eigenvalue weighted by Crippen LogP contribution is 2.29. The highest BCUT2D eigenvalue weighted by Gasteiger charge is 2.32. The zero-order valence-electron chi connectivity index (χ0n) is 11.6. The van der Waals surface area contributed by atoms with Gasteiger partial charge >= 0.3 is 6.18 Å². The van der Waals surface area contributed by atoms with E-state index in [2.05, 4.69) is 15.3 Å². The molecule has 0 spiro atoms. The molecule has 3 aromatic rings. The lowest BCUT2D eigenvalue weighted by Gasteiger charge is -2.12. The number of rotatable bonds is 3. The van der Waals surface area contributed by atoms with E-state index in [9.17, 15) is 13.2 Å². The largest absolute Gasteiger partial charge is 0.459 e. The molecule has 0 aliphatic rings. The van der Waals surface area contributed by atoms with Crippen LogP contribution in [0.25, 0.3) is 11.0 Å². The summed E-state index contributed by atoms with van der Waals surface area (Å²) in [5.74, 6) is 0.505. The first kappa shape index (κ1) is 14.4. The van der Waals surface area contributed by atoms with Gasteiger partial charge in [-0.15, -0.1) is 0 Å². The molecule has 3 rings (SSSR count). The van der Waals surface area contributed by atoms with Crippen molar-refractivity contribution in [3.8, 4) is 0 Å². The maximum Gasteiger partial charge on any atom is 0.433 e. The van der Waals surface area contributed by atoms with E-state index >= 15 is 0 Å². The van der Waals surface area contributed by atoms with Crippen LogP contribution in [0, 0.1) is 0 Å². The van der Waals surface area contributed by atoms with Gasteiger partial charge in [0.1, 0.15) is 17.0 Å². The predicted molar refractivity (Wildman–Crippen MR) is 75.3 cm³/mol. The number of hydrogen-bond donors (Lipinski definition) is 1. The molecule has 0 aliphatic heterocycles. The van der Waals surface area contributed by atoms with Gasteiger partial charge in [0.2, 0.25) is 5.95 Å². The van der Waals surface area contributed by atoms with Crippen molar-refractivity contribution in [2.45, 2.75) is 19.1 Å². The summed E-state index contributed by atoms with van der Waals surface area (Å²) in [6, 6.07) is 9.76. The smallest absolute Gasteiger partial charge is 0.433 e. The molecule has 1 aromatic carbocycles. The first-order valence-corrected chi connectivity index (χ1v) is 6.59. The van der Waals surface area contributed by atoms with Gasteiger partial charge in [-0.05, 0) is 25.1 Å². The average molecular weight is 307 g/mol. The van der Waals surface area contributed by atoms with Crippen LogP contribution in [-0.4, -0.2) is 9.97 Å². The Morgan fingerprint density at radius 2 is 1.95 bits per heavy atom. The Morgan fingerprint density at radius 1 is 1.18 bits per heavy atom. The number of nitrogens with one attached hydrogen (secondary N) is 1. The van der Waals surface area contributed by atoms with Crippen LogP contribution in [0.15, 0.2) is 47.0 Å². The normalized spacial score (nSPS) is 13.3. The lowest BCUT2D eigenvalue weighted by Crippen LogP contribution is -2.13. The predicted octanol–water partition coefficient (Wildman–Crippen LogP) is 4.41. The molecular weight excluding hydrogens is 295 g/mol. The summed E-state index contributed by atoms with van der Waals surface area (Å²) < 4.78 is 43.6. The van der Waals surface area contributed by atoms with E-state index < -0.39 is 11.9 Å². The van der Waals surface area contributed by atoms with Crippen LogP contribution < -0.4 is 5.32 Å². The van der Waals surface area contributed by atoms with Crippen molar-refractivity contribution in [2.24, 2.45) is 0 Å². The maximum atomic E-state index is 12.6. The van der Waals surface area contributed by atoms with Crippen molar-refractivity contribution in [3.63, 3.8) is 0 Å². The van der Waals surface area contributed by atoms with Crippen LogP contribution in [0.4, 0.5) is 19.1 Å². The van der Waals surface area contributed by atoms with Crippen LogP contribution in [0.1, 0.15) is 24.4 Å². The molecule has 0 aliphatic carbocycles. The van der Waals surface area contributed by atoms with Gasteiger partial charge < -0.3 is 9.73 Å². The Labute approximate surface area is 124 Å². The van der Waals surface area contributed by atoms with E-state index in [0.717, 1.165) is 23.2 Å². The van der Waals surface area contributed by atoms with Crippen molar-refractivity contribution in [1.82, 2.24) is 9.97 Å². The number of para-hydroxylation sites is 1. The molecule has 1 unspecified atom stereocenters. The van der Waals surface area contributed by atoms with E-state index in [1.807, 2.05) is 30.3 Å². The van der Waals surface area contributed by atoms with E-state index in [-0.39, 0.29) is 12.0 Å². The van der Waals surface area contributed by atoms with Crippen LogP contribution in [0.3, 0.4) is 0 Å². The molecule has 0 bridgehead atoms. The first-order chi connectivity index (χ1) is 10.4. The second kappa shape index (κ2) is 5.32. The number of alkyl halides is 3. The Bertz CT molecular complexity index is 765. The Kier molecular flexibility index (Phi) is 3.48. The van der Waals surface area contributed by atoms with Gasteiger partial charge in [-0.2, -0.15) is 13.2 Å². The summed E-state index contributed by atoms with van der Waals surface area (Å²) in [6.45, 7) is 1.77. The second-order valence-corrected chi connectivity index (χ2v) is 4.82. The summed E-state index contributed by atoms with van der Waals surface area (Å²) >= 11 is 0. The Hall–Kier alpha value is -2.57. The monoisotopic (exact) mass is 307 g/mol. The van der Waals surface area contributed by atoms with Gasteiger partial charge in [0.25, 0.3) is 0 Å². The molecule has 0 radical (unpaired) electrons. The molecule has 1 atom stereocenters. The standard InChI is InChI=1S/C15H12F3N3O/c1-9(12-8-10-4-2-3-5-11(10)22-12)20-14-19-7-6-13(21-14)15(16,17)18/h2-9H,1H3,(H,19,20,21). The molecule has 22 heavy (non-hydrogen) atoms. The van der Waals surface area contributed by atoms with E-state index in [4.69, 9.17) is 4.42 Å². The molecule has 0 saturated carbocycles. The van der Waals surface area contributed by atoms with E-state index in [1.165, 1.54) is 0 Å². The van der Waals surface area contributed by atoms with Gasteiger partial charge in [0.05, 0.1) is 6.04 Å². The summed E-state index contributed by atoms with van der Waals surface area (Å²) in [5, 5.41) is 3.74. The molecule has 4 nitrogen and oxygen atoms in total. The lowest BCUT2D eigenvalue weighted by molar-refractivity contribution is -0.141. The van der Waals surface area contributed by atoms with Gasteiger partial charge in [0, 0.05) is 11.6 Å². The molecule has 2 aromatic heterocycles. The van der Waals surface area contributed by atoms with Crippen molar-refractivity contribution in [2.75, 3.05) is 5.32 Å². The number of furan rings is 1. The summed E-state index contributed by atoms with van der Waals surface area (Å²) in [6.07, 6.45) is -3.43. The van der Waals surface area contributed by atoms with E-state index in [1.54, 1.807) is 6.92 Å². The third-order valence-electron chi connectivity index (χ3n) is 3.16. The van der Waals surface area contributed by atoms with Crippen molar-refractivity contribution >= 4 is 16.9 Å². The van der Waals surface area contributed by atoms with Gasteiger partial charge in [-0.3, -0.25) is 0 Å². The highest BCUT2D eigenvalue weighted by molar-refractivity contribution is 5.77. The molecule has 0 saturated heterocycles. The molecule has 7 heteroatoms. The van der Waals surface area contributed by atoms with E-state index in [0.29, 0.717) is 5.76 Å². The molecule has 1 N–H and O–H groups in total. The number of halogens is 3. The quantitative estimate of drug-likeness (QED) is 0.778. The number of nitrogens with zero attached hydrogens (tertiary/aromatic N) is 2. The number of fused-ring (bicyclic) bond motifs is 1. The van der Waals surface area contributed by atoms with Crippen LogP contribution in [0.5, 0.6) is 0 Å². The van der Waals surface area contributed by atoms with Gasteiger partial charge in [-0.25, -0.2) is 9.97 Å². The number of aromatic nitrogens is 2. The maximum absolute atomic E-state index is 12.6.